The van der Waals surface area contributed by atoms with Crippen molar-refractivity contribution in [3.63, 3.8) is 0 Å². The molecule has 0 aliphatic carbocycles. The average molecular weight is 497 g/mol. The fourth-order valence-electron chi connectivity index (χ4n) is 3.71. The lowest BCUT2D eigenvalue weighted by atomic mass is 10.1. The van der Waals surface area contributed by atoms with E-state index in [2.05, 4.69) is 11.9 Å². The lowest BCUT2D eigenvalue weighted by Gasteiger charge is -2.35. The number of thiazole rings is 1. The zero-order valence-electron chi connectivity index (χ0n) is 18.9. The van der Waals surface area contributed by atoms with Crippen molar-refractivity contribution in [2.75, 3.05) is 26.2 Å². The molecule has 8 nitrogen and oxygen atoms in total. The van der Waals surface area contributed by atoms with E-state index in [9.17, 15) is 19.7 Å². The van der Waals surface area contributed by atoms with Gasteiger partial charge in [-0.15, -0.1) is 11.3 Å². The molecular weight excluding hydrogens is 472 g/mol. The van der Waals surface area contributed by atoms with E-state index >= 15 is 0 Å². The van der Waals surface area contributed by atoms with Gasteiger partial charge in [-0.2, -0.15) is 0 Å². The summed E-state index contributed by atoms with van der Waals surface area (Å²) in [6.07, 6.45) is 0.914. The summed E-state index contributed by atoms with van der Waals surface area (Å²) in [5.74, 6) is -0.326. The molecule has 0 unspecified atom stereocenters. The second-order valence-electron chi connectivity index (χ2n) is 7.93. The van der Waals surface area contributed by atoms with Crippen LogP contribution in [0, 0.1) is 17.0 Å². The molecule has 10 heteroatoms. The molecule has 1 aromatic heterocycles. The van der Waals surface area contributed by atoms with Crippen LogP contribution in [0.3, 0.4) is 0 Å². The molecule has 0 spiro atoms. The largest absolute Gasteiger partial charge is 0.335 e. The Balaban J connectivity index is 1.42. The Kier molecular flexibility index (Phi) is 7.28. The maximum Gasteiger partial charge on any atom is 0.284 e. The Morgan fingerprint density at radius 1 is 1.03 bits per heavy atom. The van der Waals surface area contributed by atoms with Crippen LogP contribution in [0.4, 0.5) is 5.69 Å². The summed E-state index contributed by atoms with van der Waals surface area (Å²) in [4.78, 5) is 45.2. The minimum Gasteiger partial charge on any atom is -0.335 e. The van der Waals surface area contributed by atoms with Gasteiger partial charge in [0.15, 0.2) is 4.34 Å². The minimum atomic E-state index is -0.472. The Morgan fingerprint density at radius 3 is 2.15 bits per heavy atom. The smallest absolute Gasteiger partial charge is 0.284 e. The molecule has 176 valence electrons. The lowest BCUT2D eigenvalue weighted by Crippen LogP contribution is -2.50. The van der Waals surface area contributed by atoms with Gasteiger partial charge in [0, 0.05) is 54.4 Å². The number of hydrogen-bond donors (Lipinski definition) is 0. The van der Waals surface area contributed by atoms with Gasteiger partial charge in [0.05, 0.1) is 9.82 Å². The van der Waals surface area contributed by atoms with E-state index in [0.717, 1.165) is 12.1 Å². The van der Waals surface area contributed by atoms with Gasteiger partial charge < -0.3 is 9.80 Å². The van der Waals surface area contributed by atoms with Crippen molar-refractivity contribution >= 4 is 40.6 Å². The number of nitrogens with zero attached hydrogens (tertiary/aromatic N) is 4. The first-order valence-electron chi connectivity index (χ1n) is 10.9. The molecule has 1 fully saturated rings. The van der Waals surface area contributed by atoms with Gasteiger partial charge in [-0.1, -0.05) is 30.8 Å². The molecule has 1 aliphatic rings. The maximum atomic E-state index is 13.0. The molecule has 4 rings (SSSR count). The highest BCUT2D eigenvalue weighted by Gasteiger charge is 2.27. The SMILES string of the molecule is CCc1ccc(C(=O)N2CCN(C(=O)c3ccc(Sc4nc(C)cs4)c([N+](=O)[O-])c3)CC2)cc1. The predicted octanol–water partition coefficient (Wildman–Crippen LogP) is 4.67. The van der Waals surface area contributed by atoms with Crippen molar-refractivity contribution in [3.05, 3.63) is 80.3 Å². The third-order valence-corrected chi connectivity index (χ3v) is 7.78. The zero-order valence-corrected chi connectivity index (χ0v) is 20.5. The molecule has 0 radical (unpaired) electrons. The summed E-state index contributed by atoms with van der Waals surface area (Å²) in [6, 6.07) is 12.1. The maximum absolute atomic E-state index is 13.0. The number of amides is 2. The van der Waals surface area contributed by atoms with Crippen molar-refractivity contribution in [2.45, 2.75) is 29.5 Å². The van der Waals surface area contributed by atoms with Gasteiger partial charge >= 0.3 is 0 Å². The molecule has 3 aromatic rings. The van der Waals surface area contributed by atoms with Crippen LogP contribution in [0.25, 0.3) is 0 Å². The van der Waals surface area contributed by atoms with Crippen LogP contribution in [-0.2, 0) is 6.42 Å². The number of carbonyl (C=O) groups is 2. The Morgan fingerprint density at radius 2 is 1.62 bits per heavy atom. The van der Waals surface area contributed by atoms with E-state index in [-0.39, 0.29) is 23.1 Å². The average Bonchev–Trinajstić information content (AvgIpc) is 3.27. The van der Waals surface area contributed by atoms with E-state index in [1.165, 1.54) is 34.7 Å². The van der Waals surface area contributed by atoms with Crippen molar-refractivity contribution in [1.82, 2.24) is 14.8 Å². The fraction of sp³-hybridized carbons (Fsp3) is 0.292. The number of piperazine rings is 1. The van der Waals surface area contributed by atoms with Crippen LogP contribution in [0.2, 0.25) is 0 Å². The van der Waals surface area contributed by atoms with E-state index in [1.54, 1.807) is 21.9 Å². The first-order chi connectivity index (χ1) is 16.4. The second kappa shape index (κ2) is 10.4. The summed E-state index contributed by atoms with van der Waals surface area (Å²) in [7, 11) is 0. The molecule has 2 aromatic carbocycles. The van der Waals surface area contributed by atoms with Crippen molar-refractivity contribution < 1.29 is 14.5 Å². The number of benzene rings is 2. The van der Waals surface area contributed by atoms with Crippen molar-refractivity contribution in [3.8, 4) is 0 Å². The summed E-state index contributed by atoms with van der Waals surface area (Å²) >= 11 is 2.64. The molecular formula is C24H24N4O4S2. The molecule has 0 bridgehead atoms. The monoisotopic (exact) mass is 496 g/mol. The second-order valence-corrected chi connectivity index (χ2v) is 10.1. The van der Waals surface area contributed by atoms with Crippen LogP contribution in [0.15, 0.2) is 57.1 Å². The van der Waals surface area contributed by atoms with E-state index in [1.807, 2.05) is 36.6 Å². The molecule has 0 atom stereocenters. The van der Waals surface area contributed by atoms with Gasteiger partial charge in [-0.05, 0) is 43.2 Å². The van der Waals surface area contributed by atoms with E-state index in [4.69, 9.17) is 0 Å². The Hall–Kier alpha value is -3.24. The quantitative estimate of drug-likeness (QED) is 0.363. The summed E-state index contributed by atoms with van der Waals surface area (Å²) in [5.41, 5.74) is 2.82. The van der Waals surface area contributed by atoms with Crippen LogP contribution in [-0.4, -0.2) is 57.7 Å². The molecule has 34 heavy (non-hydrogen) atoms. The van der Waals surface area contributed by atoms with Crippen molar-refractivity contribution in [2.24, 2.45) is 0 Å². The Labute approximate surface area is 205 Å². The lowest BCUT2D eigenvalue weighted by molar-refractivity contribution is -0.387. The van der Waals surface area contributed by atoms with E-state index < -0.39 is 4.92 Å². The third-order valence-electron chi connectivity index (χ3n) is 5.66. The zero-order chi connectivity index (χ0) is 24.2. The van der Waals surface area contributed by atoms with Gasteiger partial charge in [0.25, 0.3) is 17.5 Å². The molecule has 0 N–H and O–H groups in total. The number of aryl methyl sites for hydroxylation is 2. The molecule has 0 saturated carbocycles. The van der Waals surface area contributed by atoms with Crippen LogP contribution < -0.4 is 0 Å². The Bertz CT molecular complexity index is 1220. The topological polar surface area (TPSA) is 96.7 Å². The first kappa shape index (κ1) is 23.9. The highest BCUT2D eigenvalue weighted by Crippen LogP contribution is 2.37. The third kappa shape index (κ3) is 5.28. The number of aromatic nitrogens is 1. The highest BCUT2D eigenvalue weighted by molar-refractivity contribution is 8.01. The molecule has 1 aliphatic heterocycles. The van der Waals surface area contributed by atoms with Gasteiger partial charge in [-0.3, -0.25) is 19.7 Å². The standard InChI is InChI=1S/C24H24N4O4S2/c1-3-17-4-6-18(7-5-17)22(29)26-10-12-27(13-11-26)23(30)19-8-9-21(20(14-19)28(31)32)34-24-25-16(2)15-33-24/h4-9,14-15H,3,10-13H2,1-2H3. The fourth-order valence-corrected chi connectivity index (χ4v) is 5.59. The van der Waals surface area contributed by atoms with Gasteiger partial charge in [0.2, 0.25) is 0 Å². The predicted molar refractivity (Wildman–Crippen MR) is 132 cm³/mol. The molecule has 1 saturated heterocycles. The van der Waals surface area contributed by atoms with Gasteiger partial charge in [0.1, 0.15) is 0 Å². The normalized spacial score (nSPS) is 13.7. The number of nitro groups is 1. The van der Waals surface area contributed by atoms with E-state index in [0.29, 0.717) is 41.0 Å². The van der Waals surface area contributed by atoms with Gasteiger partial charge in [-0.25, -0.2) is 4.98 Å². The van der Waals surface area contributed by atoms with Crippen LogP contribution in [0.1, 0.15) is 38.9 Å². The summed E-state index contributed by atoms with van der Waals surface area (Å²) in [6.45, 7) is 5.52. The first-order valence-corrected chi connectivity index (χ1v) is 12.6. The number of hydrogen-bond acceptors (Lipinski definition) is 7. The summed E-state index contributed by atoms with van der Waals surface area (Å²) in [5, 5.41) is 13.6. The number of rotatable bonds is 6. The molecule has 2 amide bonds. The molecule has 2 heterocycles. The van der Waals surface area contributed by atoms with Crippen LogP contribution >= 0.6 is 23.1 Å². The number of nitro benzene ring substituents is 1. The highest BCUT2D eigenvalue weighted by atomic mass is 32.2. The minimum absolute atomic E-state index is 0.0517. The number of carbonyl (C=O) groups excluding carboxylic acids is 2. The van der Waals surface area contributed by atoms with Crippen LogP contribution in [0.5, 0.6) is 0 Å². The summed E-state index contributed by atoms with van der Waals surface area (Å²) < 4.78 is 0.713. The van der Waals surface area contributed by atoms with Crippen molar-refractivity contribution in [1.29, 1.82) is 0 Å².